The summed E-state index contributed by atoms with van der Waals surface area (Å²) in [6.07, 6.45) is 5.33. The molecule has 2 aromatic carbocycles. The highest BCUT2D eigenvalue weighted by molar-refractivity contribution is 6.22. The summed E-state index contributed by atoms with van der Waals surface area (Å²) in [5, 5.41) is 14.9. The second-order valence-corrected chi connectivity index (χ2v) is 6.23. The number of carboxylic acids is 1. The van der Waals surface area contributed by atoms with Gasteiger partial charge in [0.25, 0.3) is 0 Å². The van der Waals surface area contributed by atoms with Crippen LogP contribution >= 0.6 is 0 Å². The lowest BCUT2D eigenvalue weighted by molar-refractivity contribution is -0.137. The standard InChI is InChI=1S/C22H20N2O4/c25-15-18-11-10-16-6-1-2-8-19(16)21(18)22(17-7-5-12-23-14-17)24-28-13-4-3-9-20(26)27/h1-2,5-8,10-12,14-15H,3-4,9,13H2,(H,26,27)/b24-22-. The van der Waals surface area contributed by atoms with Gasteiger partial charge in [0, 0.05) is 35.5 Å². The van der Waals surface area contributed by atoms with Crippen LogP contribution in [0.5, 0.6) is 0 Å². The molecule has 0 aliphatic rings. The van der Waals surface area contributed by atoms with Gasteiger partial charge in [0.15, 0.2) is 6.29 Å². The summed E-state index contributed by atoms with van der Waals surface area (Å²) in [7, 11) is 0. The average molecular weight is 376 g/mol. The first-order valence-electron chi connectivity index (χ1n) is 9.00. The van der Waals surface area contributed by atoms with Gasteiger partial charge in [-0.1, -0.05) is 41.6 Å². The molecule has 0 fully saturated rings. The van der Waals surface area contributed by atoms with E-state index in [4.69, 9.17) is 9.94 Å². The highest BCUT2D eigenvalue weighted by Crippen LogP contribution is 2.25. The Hall–Kier alpha value is -3.54. The Morgan fingerprint density at radius 2 is 1.96 bits per heavy atom. The van der Waals surface area contributed by atoms with Gasteiger partial charge < -0.3 is 9.94 Å². The summed E-state index contributed by atoms with van der Waals surface area (Å²) >= 11 is 0. The number of aromatic nitrogens is 1. The van der Waals surface area contributed by atoms with Gasteiger partial charge >= 0.3 is 5.97 Å². The molecule has 142 valence electrons. The Bertz CT molecular complexity index is 1000. The number of benzene rings is 2. The molecule has 6 heteroatoms. The number of hydrogen-bond acceptors (Lipinski definition) is 5. The first-order valence-corrected chi connectivity index (χ1v) is 9.00. The first kappa shape index (κ1) is 19.2. The number of oxime groups is 1. The number of hydrogen-bond donors (Lipinski definition) is 1. The normalized spacial score (nSPS) is 11.4. The molecule has 0 amide bonds. The quantitative estimate of drug-likeness (QED) is 0.263. The highest BCUT2D eigenvalue weighted by atomic mass is 16.6. The Kier molecular flexibility index (Phi) is 6.46. The fourth-order valence-electron chi connectivity index (χ4n) is 2.95. The molecule has 6 nitrogen and oxygen atoms in total. The van der Waals surface area contributed by atoms with Crippen molar-refractivity contribution in [2.24, 2.45) is 5.16 Å². The number of aldehydes is 1. The van der Waals surface area contributed by atoms with Gasteiger partial charge in [0.05, 0.1) is 0 Å². The molecule has 0 saturated carbocycles. The molecule has 0 aliphatic carbocycles. The summed E-state index contributed by atoms with van der Waals surface area (Å²) in [4.78, 5) is 32.0. The second kappa shape index (κ2) is 9.41. The van der Waals surface area contributed by atoms with E-state index in [-0.39, 0.29) is 13.0 Å². The van der Waals surface area contributed by atoms with E-state index >= 15 is 0 Å². The molecule has 1 N–H and O–H groups in total. The Labute approximate surface area is 162 Å². The van der Waals surface area contributed by atoms with Crippen LogP contribution in [0.15, 0.2) is 66.1 Å². The zero-order valence-corrected chi connectivity index (χ0v) is 15.2. The zero-order chi connectivity index (χ0) is 19.8. The van der Waals surface area contributed by atoms with Crippen molar-refractivity contribution < 1.29 is 19.5 Å². The molecule has 3 aromatic rings. The van der Waals surface area contributed by atoms with Crippen LogP contribution in [0, 0.1) is 0 Å². The van der Waals surface area contributed by atoms with E-state index in [1.807, 2.05) is 36.4 Å². The highest BCUT2D eigenvalue weighted by Gasteiger charge is 2.16. The van der Waals surface area contributed by atoms with Crippen LogP contribution in [0.25, 0.3) is 10.8 Å². The molecule has 0 aliphatic heterocycles. The minimum atomic E-state index is -0.828. The van der Waals surface area contributed by atoms with Crippen molar-refractivity contribution in [1.82, 2.24) is 4.98 Å². The number of rotatable bonds is 9. The van der Waals surface area contributed by atoms with Crippen molar-refractivity contribution in [3.8, 4) is 0 Å². The number of unbranched alkanes of at least 4 members (excludes halogenated alkanes) is 1. The van der Waals surface area contributed by atoms with Crippen molar-refractivity contribution in [1.29, 1.82) is 0 Å². The van der Waals surface area contributed by atoms with Gasteiger partial charge in [-0.3, -0.25) is 14.6 Å². The van der Waals surface area contributed by atoms with Crippen molar-refractivity contribution >= 4 is 28.7 Å². The lowest BCUT2D eigenvalue weighted by Gasteiger charge is -2.13. The molecule has 0 saturated heterocycles. The Morgan fingerprint density at radius 1 is 1.11 bits per heavy atom. The maximum Gasteiger partial charge on any atom is 0.303 e. The number of aliphatic carboxylic acids is 1. The summed E-state index contributed by atoms with van der Waals surface area (Å²) < 4.78 is 0. The lowest BCUT2D eigenvalue weighted by atomic mass is 9.93. The molecular formula is C22H20N2O4. The van der Waals surface area contributed by atoms with E-state index in [1.165, 1.54) is 0 Å². The number of carboxylic acid groups (broad SMARTS) is 1. The molecule has 0 radical (unpaired) electrons. The van der Waals surface area contributed by atoms with Gasteiger partial charge in [-0.25, -0.2) is 0 Å². The predicted molar refractivity (Wildman–Crippen MR) is 107 cm³/mol. The summed E-state index contributed by atoms with van der Waals surface area (Å²) in [5.74, 6) is -0.828. The molecule has 1 heterocycles. The second-order valence-electron chi connectivity index (χ2n) is 6.23. The average Bonchev–Trinajstić information content (AvgIpc) is 2.73. The fraction of sp³-hybridized carbons (Fsp3) is 0.182. The first-order chi connectivity index (χ1) is 13.7. The maximum atomic E-state index is 11.7. The molecule has 1 aromatic heterocycles. The predicted octanol–water partition coefficient (Wildman–Crippen LogP) is 4.07. The Balaban J connectivity index is 1.98. The number of nitrogens with zero attached hydrogens (tertiary/aromatic N) is 2. The topological polar surface area (TPSA) is 88.8 Å². The third-order valence-electron chi connectivity index (χ3n) is 4.29. The largest absolute Gasteiger partial charge is 0.481 e. The van der Waals surface area contributed by atoms with Gasteiger partial charge in [-0.15, -0.1) is 0 Å². The molecule has 3 rings (SSSR count). The fourth-order valence-corrected chi connectivity index (χ4v) is 2.95. The van der Waals surface area contributed by atoms with Crippen LogP contribution in [0.4, 0.5) is 0 Å². The van der Waals surface area contributed by atoms with Crippen LogP contribution in [0.3, 0.4) is 0 Å². The van der Waals surface area contributed by atoms with Gasteiger partial charge in [0.1, 0.15) is 12.3 Å². The number of carbonyl (C=O) groups is 2. The van der Waals surface area contributed by atoms with Gasteiger partial charge in [0.2, 0.25) is 0 Å². The Morgan fingerprint density at radius 3 is 2.71 bits per heavy atom. The van der Waals surface area contributed by atoms with Crippen LogP contribution < -0.4 is 0 Å². The third kappa shape index (κ3) is 4.59. The summed E-state index contributed by atoms with van der Waals surface area (Å²) in [6.45, 7) is 0.290. The molecule has 0 spiro atoms. The van der Waals surface area contributed by atoms with Crippen molar-refractivity contribution in [3.63, 3.8) is 0 Å². The zero-order valence-electron chi connectivity index (χ0n) is 15.2. The number of carbonyl (C=O) groups excluding carboxylic acids is 1. The van der Waals surface area contributed by atoms with E-state index < -0.39 is 5.97 Å². The van der Waals surface area contributed by atoms with E-state index in [0.717, 1.165) is 22.6 Å². The van der Waals surface area contributed by atoms with Crippen molar-refractivity contribution in [2.45, 2.75) is 19.3 Å². The molecule has 0 bridgehead atoms. The minimum Gasteiger partial charge on any atom is -0.481 e. The summed E-state index contributed by atoms with van der Waals surface area (Å²) in [6, 6.07) is 15.1. The third-order valence-corrected chi connectivity index (χ3v) is 4.29. The summed E-state index contributed by atoms with van der Waals surface area (Å²) in [5.41, 5.74) is 2.44. The van der Waals surface area contributed by atoms with Crippen molar-refractivity contribution in [3.05, 3.63) is 77.6 Å². The van der Waals surface area contributed by atoms with Crippen molar-refractivity contribution in [2.75, 3.05) is 6.61 Å². The minimum absolute atomic E-state index is 0.0984. The number of pyridine rings is 1. The monoisotopic (exact) mass is 376 g/mol. The van der Waals surface area contributed by atoms with Crippen LogP contribution in [-0.2, 0) is 9.63 Å². The van der Waals surface area contributed by atoms with Crippen LogP contribution in [0.2, 0.25) is 0 Å². The van der Waals surface area contributed by atoms with E-state index in [9.17, 15) is 9.59 Å². The maximum absolute atomic E-state index is 11.7. The van der Waals surface area contributed by atoms with E-state index in [1.54, 1.807) is 24.5 Å². The SMILES string of the molecule is O=Cc1ccc2ccccc2c1/C(=N\OCCCCC(=O)O)c1cccnc1. The smallest absolute Gasteiger partial charge is 0.303 e. The molecule has 28 heavy (non-hydrogen) atoms. The lowest BCUT2D eigenvalue weighted by Crippen LogP contribution is -2.09. The van der Waals surface area contributed by atoms with Crippen LogP contribution in [0.1, 0.15) is 40.7 Å². The van der Waals surface area contributed by atoms with E-state index in [2.05, 4.69) is 10.1 Å². The molecule has 0 unspecified atom stereocenters. The molecular weight excluding hydrogens is 356 g/mol. The molecule has 0 atom stereocenters. The van der Waals surface area contributed by atoms with Gasteiger partial charge in [-0.2, -0.15) is 0 Å². The van der Waals surface area contributed by atoms with Crippen LogP contribution in [-0.4, -0.2) is 34.7 Å². The van der Waals surface area contributed by atoms with Gasteiger partial charge in [-0.05, 0) is 35.7 Å². The van der Waals surface area contributed by atoms with E-state index in [0.29, 0.717) is 29.7 Å². The number of fused-ring (bicyclic) bond motifs is 1.